The molecule has 0 atom stereocenters. The Morgan fingerprint density at radius 3 is 2.33 bits per heavy atom. The summed E-state index contributed by atoms with van der Waals surface area (Å²) in [6.45, 7) is 7.84. The molecule has 1 aromatic carbocycles. The van der Waals surface area contributed by atoms with Gasteiger partial charge in [-0.05, 0) is 26.3 Å². The second-order valence-corrected chi connectivity index (χ2v) is 7.42. The number of nitrogens with zero attached hydrogens (tertiary/aromatic N) is 2. The Bertz CT molecular complexity index is 589. The topological polar surface area (TPSA) is 70.1 Å². The average Bonchev–Trinajstić information content (AvgIpc) is 2.43. The summed E-state index contributed by atoms with van der Waals surface area (Å²) in [4.78, 5) is 26.9. The third-order valence-corrected chi connectivity index (χ3v) is 3.77. The number of likely N-dealkylation sites (tertiary alicyclic amines) is 1. The Balaban J connectivity index is 1.92. The van der Waals surface area contributed by atoms with Gasteiger partial charge in [0.25, 0.3) is 0 Å². The number of hydrogen-bond donors (Lipinski definition) is 1. The highest BCUT2D eigenvalue weighted by molar-refractivity contribution is 5.73. The molecule has 1 N–H and O–H groups in total. The lowest BCUT2D eigenvalue weighted by Gasteiger charge is -2.48. The van der Waals surface area contributed by atoms with Gasteiger partial charge in [-0.3, -0.25) is 4.79 Å². The summed E-state index contributed by atoms with van der Waals surface area (Å²) < 4.78 is 5.28. The lowest BCUT2D eigenvalue weighted by atomic mass is 9.93. The maximum atomic E-state index is 12.0. The van der Waals surface area contributed by atoms with E-state index in [1.54, 1.807) is 25.7 Å². The lowest BCUT2D eigenvalue weighted by molar-refractivity contribution is -0.142. The van der Waals surface area contributed by atoms with E-state index in [9.17, 15) is 14.7 Å². The molecule has 0 bridgehead atoms. The van der Waals surface area contributed by atoms with Crippen molar-refractivity contribution in [3.63, 3.8) is 0 Å². The molecule has 1 aliphatic rings. The first-order chi connectivity index (χ1) is 11.1. The largest absolute Gasteiger partial charge is 0.444 e. The van der Waals surface area contributed by atoms with Crippen molar-refractivity contribution >= 4 is 12.0 Å². The van der Waals surface area contributed by atoms with Crippen LogP contribution in [-0.4, -0.2) is 57.7 Å². The van der Waals surface area contributed by atoms with Gasteiger partial charge >= 0.3 is 6.09 Å². The molecule has 2 rings (SSSR count). The molecule has 1 heterocycles. The van der Waals surface area contributed by atoms with Crippen molar-refractivity contribution in [2.45, 2.75) is 45.4 Å². The van der Waals surface area contributed by atoms with Crippen LogP contribution in [0.4, 0.5) is 4.79 Å². The van der Waals surface area contributed by atoms with Gasteiger partial charge in [-0.1, -0.05) is 30.3 Å². The molecule has 1 aromatic rings. The quantitative estimate of drug-likeness (QED) is 0.914. The van der Waals surface area contributed by atoms with Gasteiger partial charge in [0.05, 0.1) is 19.6 Å². The third kappa shape index (κ3) is 4.96. The normalized spacial score (nSPS) is 16.3. The minimum Gasteiger partial charge on any atom is -0.444 e. The zero-order valence-electron chi connectivity index (χ0n) is 14.8. The van der Waals surface area contributed by atoms with Crippen molar-refractivity contribution in [3.05, 3.63) is 35.9 Å². The van der Waals surface area contributed by atoms with Gasteiger partial charge < -0.3 is 19.6 Å². The number of hydrogen-bond acceptors (Lipinski definition) is 4. The van der Waals surface area contributed by atoms with E-state index < -0.39 is 17.3 Å². The minimum atomic E-state index is -1.09. The first-order valence-corrected chi connectivity index (χ1v) is 8.08. The highest BCUT2D eigenvalue weighted by Crippen LogP contribution is 2.25. The fourth-order valence-electron chi connectivity index (χ4n) is 2.66. The van der Waals surface area contributed by atoms with Crippen LogP contribution in [0.2, 0.25) is 0 Å². The number of carbonyl (C=O) groups is 2. The van der Waals surface area contributed by atoms with Crippen molar-refractivity contribution in [3.8, 4) is 0 Å². The molecule has 132 valence electrons. The molecule has 6 heteroatoms. The van der Waals surface area contributed by atoms with Crippen molar-refractivity contribution in [1.29, 1.82) is 0 Å². The van der Waals surface area contributed by atoms with Crippen LogP contribution in [0.25, 0.3) is 0 Å². The number of amides is 2. The van der Waals surface area contributed by atoms with Crippen LogP contribution in [0.1, 0.15) is 33.3 Å². The predicted octanol–water partition coefficient (Wildman–Crippen LogP) is 2.02. The van der Waals surface area contributed by atoms with E-state index in [1.807, 2.05) is 30.3 Å². The fraction of sp³-hybridized carbons (Fsp3) is 0.556. The zero-order valence-corrected chi connectivity index (χ0v) is 14.8. The number of carbonyl (C=O) groups excluding carboxylic acids is 2. The van der Waals surface area contributed by atoms with Crippen molar-refractivity contribution < 1.29 is 19.4 Å². The zero-order chi connectivity index (χ0) is 18.0. The highest BCUT2D eigenvalue weighted by atomic mass is 16.6. The van der Waals surface area contributed by atoms with Gasteiger partial charge in [0.2, 0.25) is 5.91 Å². The number of benzene rings is 1. The Labute approximate surface area is 143 Å². The maximum Gasteiger partial charge on any atom is 0.410 e. The van der Waals surface area contributed by atoms with Crippen LogP contribution in [0.5, 0.6) is 0 Å². The monoisotopic (exact) mass is 334 g/mol. The van der Waals surface area contributed by atoms with E-state index in [-0.39, 0.29) is 25.5 Å². The molecule has 0 spiro atoms. The van der Waals surface area contributed by atoms with Crippen LogP contribution < -0.4 is 0 Å². The van der Waals surface area contributed by atoms with Gasteiger partial charge in [-0.15, -0.1) is 0 Å². The number of β-amino-alcohol motifs (C(OH)–C–C–N with tert-alkyl or cyclic N) is 1. The molecule has 0 unspecified atom stereocenters. The van der Waals surface area contributed by atoms with Gasteiger partial charge in [0.1, 0.15) is 11.2 Å². The van der Waals surface area contributed by atoms with Crippen LogP contribution in [0.3, 0.4) is 0 Å². The lowest BCUT2D eigenvalue weighted by Crippen LogP contribution is -2.68. The van der Waals surface area contributed by atoms with Gasteiger partial charge in [0, 0.05) is 13.5 Å². The summed E-state index contributed by atoms with van der Waals surface area (Å²) in [6, 6.07) is 9.62. The molecule has 24 heavy (non-hydrogen) atoms. The summed E-state index contributed by atoms with van der Waals surface area (Å²) >= 11 is 0. The SMILES string of the molecule is CC(=O)N(Cc1ccccc1)CC1(O)CN(C(=O)OC(C)(C)C)C1. The molecule has 1 aliphatic heterocycles. The average molecular weight is 334 g/mol. The third-order valence-electron chi connectivity index (χ3n) is 3.77. The van der Waals surface area contributed by atoms with Crippen molar-refractivity contribution in [1.82, 2.24) is 9.80 Å². The standard InChI is InChI=1S/C18H26N2O4/c1-14(21)19(10-15-8-6-5-7-9-15)11-18(23)12-20(13-18)16(22)24-17(2,3)4/h5-9,23H,10-13H2,1-4H3. The van der Waals surface area contributed by atoms with Gasteiger partial charge in [0.15, 0.2) is 0 Å². The number of rotatable bonds is 4. The first-order valence-electron chi connectivity index (χ1n) is 8.08. The molecule has 2 amide bonds. The van der Waals surface area contributed by atoms with E-state index in [0.717, 1.165) is 5.56 Å². The fourth-order valence-corrected chi connectivity index (χ4v) is 2.66. The van der Waals surface area contributed by atoms with E-state index in [1.165, 1.54) is 11.8 Å². The molecular weight excluding hydrogens is 308 g/mol. The molecule has 0 aromatic heterocycles. The van der Waals surface area contributed by atoms with Crippen molar-refractivity contribution in [2.24, 2.45) is 0 Å². The molecule has 6 nitrogen and oxygen atoms in total. The summed E-state index contributed by atoms with van der Waals surface area (Å²) in [7, 11) is 0. The summed E-state index contributed by atoms with van der Waals surface area (Å²) in [6.07, 6.45) is -0.440. The summed E-state index contributed by atoms with van der Waals surface area (Å²) in [5.41, 5.74) is -0.652. The number of ether oxygens (including phenoxy) is 1. The predicted molar refractivity (Wildman–Crippen MR) is 90.3 cm³/mol. The summed E-state index contributed by atoms with van der Waals surface area (Å²) in [5, 5.41) is 10.6. The van der Waals surface area contributed by atoms with Crippen LogP contribution in [0.15, 0.2) is 30.3 Å². The van der Waals surface area contributed by atoms with Crippen LogP contribution in [-0.2, 0) is 16.1 Å². The molecule has 1 saturated heterocycles. The van der Waals surface area contributed by atoms with E-state index in [0.29, 0.717) is 6.54 Å². The number of aliphatic hydroxyl groups is 1. The second kappa shape index (κ2) is 6.81. The first kappa shape index (κ1) is 18.3. The Morgan fingerprint density at radius 2 is 1.83 bits per heavy atom. The van der Waals surface area contributed by atoms with Gasteiger partial charge in [-0.2, -0.15) is 0 Å². The van der Waals surface area contributed by atoms with E-state index >= 15 is 0 Å². The smallest absolute Gasteiger partial charge is 0.410 e. The van der Waals surface area contributed by atoms with Gasteiger partial charge in [-0.25, -0.2) is 4.79 Å². The Hall–Kier alpha value is -2.08. The molecular formula is C18H26N2O4. The molecule has 1 fully saturated rings. The Kier molecular flexibility index (Phi) is 5.18. The van der Waals surface area contributed by atoms with Crippen molar-refractivity contribution in [2.75, 3.05) is 19.6 Å². The second-order valence-electron chi connectivity index (χ2n) is 7.42. The Morgan fingerprint density at radius 1 is 1.25 bits per heavy atom. The highest BCUT2D eigenvalue weighted by Gasteiger charge is 2.46. The minimum absolute atomic E-state index is 0.108. The van der Waals surface area contributed by atoms with E-state index in [4.69, 9.17) is 4.74 Å². The molecule has 0 saturated carbocycles. The molecule has 0 aliphatic carbocycles. The maximum absolute atomic E-state index is 12.0. The van der Waals surface area contributed by atoms with E-state index in [2.05, 4.69) is 0 Å². The molecule has 0 radical (unpaired) electrons. The van der Waals surface area contributed by atoms with Crippen LogP contribution >= 0.6 is 0 Å². The van der Waals surface area contributed by atoms with Crippen LogP contribution in [0, 0.1) is 0 Å². The summed E-state index contributed by atoms with van der Waals surface area (Å²) in [5.74, 6) is -0.108.